The van der Waals surface area contributed by atoms with Gasteiger partial charge in [0.1, 0.15) is 0 Å². The summed E-state index contributed by atoms with van der Waals surface area (Å²) in [6.07, 6.45) is 1.83. The first-order chi connectivity index (χ1) is 9.67. The minimum atomic E-state index is 0.641. The van der Waals surface area contributed by atoms with E-state index in [1.807, 2.05) is 18.3 Å². The van der Waals surface area contributed by atoms with Gasteiger partial charge in [-0.15, -0.1) is 0 Å². The van der Waals surface area contributed by atoms with E-state index in [0.29, 0.717) is 5.88 Å². The fourth-order valence-electron chi connectivity index (χ4n) is 1.93. The van der Waals surface area contributed by atoms with Crippen molar-refractivity contribution in [2.45, 2.75) is 13.1 Å². The van der Waals surface area contributed by atoms with E-state index in [4.69, 9.17) is 4.74 Å². The van der Waals surface area contributed by atoms with Crippen molar-refractivity contribution >= 4 is 5.69 Å². The van der Waals surface area contributed by atoms with Gasteiger partial charge in [0.25, 0.3) is 0 Å². The van der Waals surface area contributed by atoms with E-state index in [-0.39, 0.29) is 0 Å². The third-order valence-electron chi connectivity index (χ3n) is 2.96. The average molecular weight is 271 g/mol. The monoisotopic (exact) mass is 271 g/mol. The molecule has 0 amide bonds. The van der Waals surface area contributed by atoms with Crippen LogP contribution in [0.1, 0.15) is 11.1 Å². The van der Waals surface area contributed by atoms with E-state index in [2.05, 4.69) is 53.6 Å². The number of nitrogens with zero attached hydrogens (tertiary/aromatic N) is 2. The molecule has 1 heterocycles. The van der Waals surface area contributed by atoms with Crippen LogP contribution in [0.4, 0.5) is 5.69 Å². The molecule has 4 nitrogen and oxygen atoms in total. The Morgan fingerprint density at radius 2 is 1.75 bits per heavy atom. The van der Waals surface area contributed by atoms with Crippen LogP contribution in [0.25, 0.3) is 0 Å². The van der Waals surface area contributed by atoms with Crippen LogP contribution in [0.2, 0.25) is 0 Å². The zero-order chi connectivity index (χ0) is 14.4. The van der Waals surface area contributed by atoms with Gasteiger partial charge in [0.05, 0.1) is 7.11 Å². The molecule has 1 aromatic heterocycles. The van der Waals surface area contributed by atoms with Gasteiger partial charge < -0.3 is 15.0 Å². The third-order valence-corrected chi connectivity index (χ3v) is 2.96. The molecule has 0 saturated carbocycles. The SMILES string of the molecule is COc1ccc(CNc2ccc(CN(C)C)cc2)cn1. The number of anilines is 1. The van der Waals surface area contributed by atoms with Crippen LogP contribution in [-0.2, 0) is 13.1 Å². The van der Waals surface area contributed by atoms with Crippen LogP contribution < -0.4 is 10.1 Å². The zero-order valence-corrected chi connectivity index (χ0v) is 12.3. The van der Waals surface area contributed by atoms with Crippen molar-refractivity contribution in [3.05, 3.63) is 53.7 Å². The fourth-order valence-corrected chi connectivity index (χ4v) is 1.93. The second-order valence-electron chi connectivity index (χ2n) is 5.00. The van der Waals surface area contributed by atoms with E-state index in [1.54, 1.807) is 7.11 Å². The van der Waals surface area contributed by atoms with Crippen LogP contribution in [0.5, 0.6) is 5.88 Å². The molecule has 0 atom stereocenters. The molecule has 2 rings (SSSR count). The Kier molecular flexibility index (Phi) is 4.96. The van der Waals surface area contributed by atoms with Gasteiger partial charge in [-0.05, 0) is 37.4 Å². The number of nitrogens with one attached hydrogen (secondary N) is 1. The smallest absolute Gasteiger partial charge is 0.212 e. The van der Waals surface area contributed by atoms with Crippen molar-refractivity contribution in [2.75, 3.05) is 26.5 Å². The number of methoxy groups -OCH3 is 1. The molecule has 0 radical (unpaired) electrons. The first kappa shape index (κ1) is 14.3. The maximum absolute atomic E-state index is 5.04. The Morgan fingerprint density at radius 1 is 1.05 bits per heavy atom. The van der Waals surface area contributed by atoms with Gasteiger partial charge in [0.15, 0.2) is 0 Å². The molecule has 1 aromatic carbocycles. The maximum Gasteiger partial charge on any atom is 0.212 e. The van der Waals surface area contributed by atoms with Crippen LogP contribution in [0.3, 0.4) is 0 Å². The molecule has 0 aliphatic rings. The molecule has 0 spiro atoms. The summed E-state index contributed by atoms with van der Waals surface area (Å²) in [5.41, 5.74) is 3.55. The number of benzene rings is 1. The first-order valence-corrected chi connectivity index (χ1v) is 6.64. The quantitative estimate of drug-likeness (QED) is 0.876. The minimum absolute atomic E-state index is 0.641. The summed E-state index contributed by atoms with van der Waals surface area (Å²) in [6.45, 7) is 1.71. The number of pyridine rings is 1. The largest absolute Gasteiger partial charge is 0.481 e. The normalized spacial score (nSPS) is 10.6. The lowest BCUT2D eigenvalue weighted by Crippen LogP contribution is -2.10. The Labute approximate surface area is 120 Å². The predicted molar refractivity (Wildman–Crippen MR) is 81.9 cm³/mol. The van der Waals surface area contributed by atoms with Gasteiger partial charge in [-0.3, -0.25) is 0 Å². The van der Waals surface area contributed by atoms with Crippen LogP contribution in [-0.4, -0.2) is 31.1 Å². The summed E-state index contributed by atoms with van der Waals surface area (Å²) in [6, 6.07) is 12.4. The molecule has 4 heteroatoms. The zero-order valence-electron chi connectivity index (χ0n) is 12.3. The minimum Gasteiger partial charge on any atom is -0.481 e. The van der Waals surface area contributed by atoms with Crippen molar-refractivity contribution in [3.63, 3.8) is 0 Å². The van der Waals surface area contributed by atoms with E-state index in [0.717, 1.165) is 24.3 Å². The molecule has 0 bridgehead atoms. The molecule has 1 N–H and O–H groups in total. The number of hydrogen-bond donors (Lipinski definition) is 1. The van der Waals surface area contributed by atoms with Crippen LogP contribution in [0.15, 0.2) is 42.6 Å². The van der Waals surface area contributed by atoms with Gasteiger partial charge in [0.2, 0.25) is 5.88 Å². The lowest BCUT2D eigenvalue weighted by Gasteiger charge is -2.11. The van der Waals surface area contributed by atoms with Crippen molar-refractivity contribution in [3.8, 4) is 5.88 Å². The van der Waals surface area contributed by atoms with E-state index in [9.17, 15) is 0 Å². The van der Waals surface area contributed by atoms with Gasteiger partial charge in [0, 0.05) is 31.0 Å². The molecular weight excluding hydrogens is 250 g/mol. The summed E-state index contributed by atoms with van der Waals surface area (Å²) in [7, 11) is 5.77. The summed E-state index contributed by atoms with van der Waals surface area (Å²) in [5, 5.41) is 3.38. The van der Waals surface area contributed by atoms with Gasteiger partial charge in [-0.1, -0.05) is 18.2 Å². The Balaban J connectivity index is 1.89. The Bertz CT molecular complexity index is 520. The lowest BCUT2D eigenvalue weighted by molar-refractivity contribution is 0.397. The molecule has 20 heavy (non-hydrogen) atoms. The molecule has 0 aliphatic heterocycles. The number of ether oxygens (including phenoxy) is 1. The van der Waals surface area contributed by atoms with E-state index < -0.39 is 0 Å². The Hall–Kier alpha value is -2.07. The van der Waals surface area contributed by atoms with Gasteiger partial charge >= 0.3 is 0 Å². The molecule has 0 unspecified atom stereocenters. The number of rotatable bonds is 6. The number of hydrogen-bond acceptors (Lipinski definition) is 4. The van der Waals surface area contributed by atoms with E-state index >= 15 is 0 Å². The standard InChI is InChI=1S/C16H21N3O/c1-19(2)12-13-4-7-15(8-5-13)17-10-14-6-9-16(20-3)18-11-14/h4-9,11,17H,10,12H2,1-3H3. The average Bonchev–Trinajstić information content (AvgIpc) is 2.46. The molecule has 0 aliphatic carbocycles. The van der Waals surface area contributed by atoms with Crippen molar-refractivity contribution in [1.29, 1.82) is 0 Å². The Morgan fingerprint density at radius 3 is 2.30 bits per heavy atom. The topological polar surface area (TPSA) is 37.4 Å². The fraction of sp³-hybridized carbons (Fsp3) is 0.312. The third kappa shape index (κ3) is 4.24. The molecule has 106 valence electrons. The molecular formula is C16H21N3O. The van der Waals surface area contributed by atoms with Gasteiger partial charge in [-0.25, -0.2) is 4.98 Å². The van der Waals surface area contributed by atoms with Crippen LogP contribution in [0, 0.1) is 0 Å². The van der Waals surface area contributed by atoms with Crippen molar-refractivity contribution in [1.82, 2.24) is 9.88 Å². The predicted octanol–water partition coefficient (Wildman–Crippen LogP) is 2.76. The second kappa shape index (κ2) is 6.91. The highest BCUT2D eigenvalue weighted by Gasteiger charge is 1.98. The first-order valence-electron chi connectivity index (χ1n) is 6.64. The summed E-state index contributed by atoms with van der Waals surface area (Å²) in [5.74, 6) is 0.641. The highest BCUT2D eigenvalue weighted by molar-refractivity contribution is 5.45. The highest BCUT2D eigenvalue weighted by Crippen LogP contribution is 2.13. The number of aromatic nitrogens is 1. The summed E-state index contributed by atoms with van der Waals surface area (Å²) in [4.78, 5) is 6.35. The summed E-state index contributed by atoms with van der Waals surface area (Å²) < 4.78 is 5.04. The summed E-state index contributed by atoms with van der Waals surface area (Å²) >= 11 is 0. The molecule has 0 saturated heterocycles. The van der Waals surface area contributed by atoms with Gasteiger partial charge in [-0.2, -0.15) is 0 Å². The lowest BCUT2D eigenvalue weighted by atomic mass is 10.2. The highest BCUT2D eigenvalue weighted by atomic mass is 16.5. The van der Waals surface area contributed by atoms with Crippen LogP contribution >= 0.6 is 0 Å². The molecule has 0 fully saturated rings. The maximum atomic E-state index is 5.04. The van der Waals surface area contributed by atoms with E-state index in [1.165, 1.54) is 5.56 Å². The molecule has 2 aromatic rings. The van der Waals surface area contributed by atoms with Crippen molar-refractivity contribution < 1.29 is 4.74 Å². The second-order valence-corrected chi connectivity index (χ2v) is 5.00. The van der Waals surface area contributed by atoms with Crippen molar-refractivity contribution in [2.24, 2.45) is 0 Å².